The predicted octanol–water partition coefficient (Wildman–Crippen LogP) is 6.43. The van der Waals surface area contributed by atoms with Gasteiger partial charge in [-0.05, 0) is 70.7 Å². The summed E-state index contributed by atoms with van der Waals surface area (Å²) < 4.78 is 6.40. The quantitative estimate of drug-likeness (QED) is 0.282. The standard InChI is InChI=1S/C21H17BrCl2N2O2/c1-3-6-14-9-13(11-16(22)20(14)28-4-2)10-15(12-25)21(27)26-18-8-5-7-17(23)19(18)24/h3,5,7-11H,1,4,6H2,2H3,(H,26,27)/b15-10-. The van der Waals surface area contributed by atoms with Gasteiger partial charge in [0.05, 0.1) is 26.8 Å². The number of rotatable bonds is 7. The van der Waals surface area contributed by atoms with E-state index >= 15 is 0 Å². The number of amides is 1. The van der Waals surface area contributed by atoms with E-state index in [2.05, 4.69) is 27.8 Å². The first kappa shape index (κ1) is 22.0. The van der Waals surface area contributed by atoms with Crippen LogP contribution in [0.25, 0.3) is 6.08 Å². The van der Waals surface area contributed by atoms with E-state index in [1.807, 2.05) is 19.1 Å². The Morgan fingerprint density at radius 2 is 2.14 bits per heavy atom. The summed E-state index contributed by atoms with van der Waals surface area (Å²) in [7, 11) is 0. The van der Waals surface area contributed by atoms with Crippen LogP contribution in [-0.2, 0) is 11.2 Å². The van der Waals surface area contributed by atoms with E-state index in [0.29, 0.717) is 35.1 Å². The van der Waals surface area contributed by atoms with Crippen LogP contribution in [0.3, 0.4) is 0 Å². The SMILES string of the molecule is C=CCc1cc(/C=C(/C#N)C(=O)Nc2cccc(Cl)c2Cl)cc(Br)c1OCC. The average Bonchev–Trinajstić information content (AvgIpc) is 2.66. The lowest BCUT2D eigenvalue weighted by Gasteiger charge is -2.13. The van der Waals surface area contributed by atoms with Crippen LogP contribution in [0.4, 0.5) is 5.69 Å². The van der Waals surface area contributed by atoms with Crippen molar-refractivity contribution in [2.75, 3.05) is 11.9 Å². The van der Waals surface area contributed by atoms with Gasteiger partial charge in [0.25, 0.3) is 5.91 Å². The lowest BCUT2D eigenvalue weighted by molar-refractivity contribution is -0.112. The number of carbonyl (C=O) groups excluding carboxylic acids is 1. The van der Waals surface area contributed by atoms with Gasteiger partial charge in [-0.25, -0.2) is 0 Å². The molecule has 4 nitrogen and oxygen atoms in total. The molecule has 0 radical (unpaired) electrons. The number of allylic oxidation sites excluding steroid dienone is 1. The third-order valence-corrected chi connectivity index (χ3v) is 5.08. The van der Waals surface area contributed by atoms with Crippen LogP contribution in [0.15, 0.2) is 53.0 Å². The summed E-state index contributed by atoms with van der Waals surface area (Å²) in [6, 6.07) is 10.4. The Labute approximate surface area is 182 Å². The maximum atomic E-state index is 12.5. The number of hydrogen-bond donors (Lipinski definition) is 1. The Morgan fingerprint density at radius 3 is 2.79 bits per heavy atom. The van der Waals surface area contributed by atoms with Crippen molar-refractivity contribution in [3.63, 3.8) is 0 Å². The highest BCUT2D eigenvalue weighted by Gasteiger charge is 2.14. The van der Waals surface area contributed by atoms with Crippen molar-refractivity contribution in [1.29, 1.82) is 5.26 Å². The lowest BCUT2D eigenvalue weighted by Crippen LogP contribution is -2.13. The molecule has 0 aliphatic rings. The van der Waals surface area contributed by atoms with E-state index in [-0.39, 0.29) is 10.6 Å². The number of nitrogens with zero attached hydrogens (tertiary/aromatic N) is 1. The smallest absolute Gasteiger partial charge is 0.266 e. The van der Waals surface area contributed by atoms with Gasteiger partial charge in [-0.3, -0.25) is 4.79 Å². The zero-order valence-corrected chi connectivity index (χ0v) is 18.2. The minimum absolute atomic E-state index is 0.0725. The van der Waals surface area contributed by atoms with Crippen molar-refractivity contribution >= 4 is 56.8 Å². The molecule has 0 fully saturated rings. The third kappa shape index (κ3) is 5.39. The number of anilines is 1. The zero-order valence-electron chi connectivity index (χ0n) is 15.1. The van der Waals surface area contributed by atoms with Crippen LogP contribution in [-0.4, -0.2) is 12.5 Å². The molecule has 0 saturated heterocycles. The van der Waals surface area contributed by atoms with Crippen LogP contribution in [0.5, 0.6) is 5.75 Å². The molecule has 2 aromatic rings. The molecule has 0 aliphatic heterocycles. The molecule has 0 atom stereocenters. The maximum Gasteiger partial charge on any atom is 0.266 e. The van der Waals surface area contributed by atoms with Gasteiger partial charge in [-0.1, -0.05) is 35.3 Å². The van der Waals surface area contributed by atoms with Gasteiger partial charge in [0, 0.05) is 0 Å². The molecule has 0 saturated carbocycles. The first-order chi connectivity index (χ1) is 13.4. The summed E-state index contributed by atoms with van der Waals surface area (Å²) in [5.74, 6) is 0.134. The fraction of sp³-hybridized carbons (Fsp3) is 0.143. The lowest BCUT2D eigenvalue weighted by atomic mass is 10.0. The number of halogens is 3. The Kier molecular flexibility index (Phi) is 8.13. The molecule has 0 heterocycles. The van der Waals surface area contributed by atoms with Crippen molar-refractivity contribution in [3.8, 4) is 11.8 Å². The number of carbonyl (C=O) groups is 1. The molecule has 144 valence electrons. The number of nitrogens with one attached hydrogen (secondary N) is 1. The number of nitriles is 1. The van der Waals surface area contributed by atoms with Gasteiger partial charge < -0.3 is 10.1 Å². The van der Waals surface area contributed by atoms with Crippen molar-refractivity contribution in [2.24, 2.45) is 0 Å². The van der Waals surface area contributed by atoms with Gasteiger partial charge in [-0.2, -0.15) is 5.26 Å². The van der Waals surface area contributed by atoms with Crippen molar-refractivity contribution < 1.29 is 9.53 Å². The van der Waals surface area contributed by atoms with Crippen molar-refractivity contribution in [1.82, 2.24) is 0 Å². The Hall–Kier alpha value is -2.26. The average molecular weight is 480 g/mol. The fourth-order valence-electron chi connectivity index (χ4n) is 2.48. The highest BCUT2D eigenvalue weighted by molar-refractivity contribution is 9.10. The van der Waals surface area contributed by atoms with Crippen molar-refractivity contribution in [2.45, 2.75) is 13.3 Å². The first-order valence-corrected chi connectivity index (χ1v) is 9.89. The molecular weight excluding hydrogens is 463 g/mol. The van der Waals surface area contributed by atoms with Gasteiger partial charge in [-0.15, -0.1) is 6.58 Å². The Balaban J connectivity index is 2.38. The molecule has 0 aromatic heterocycles. The zero-order chi connectivity index (χ0) is 20.7. The molecule has 1 N–H and O–H groups in total. The summed E-state index contributed by atoms with van der Waals surface area (Å²) in [5, 5.41) is 12.6. The number of ether oxygens (including phenoxy) is 1. The summed E-state index contributed by atoms with van der Waals surface area (Å²) in [6.07, 6.45) is 3.85. The Bertz CT molecular complexity index is 981. The molecular formula is C21H17BrCl2N2O2. The second kappa shape index (κ2) is 10.3. The monoisotopic (exact) mass is 478 g/mol. The van der Waals surface area contributed by atoms with E-state index < -0.39 is 5.91 Å². The summed E-state index contributed by atoms with van der Waals surface area (Å²) in [6.45, 7) is 6.18. The molecule has 7 heteroatoms. The minimum Gasteiger partial charge on any atom is -0.492 e. The van der Waals surface area contributed by atoms with Gasteiger partial charge >= 0.3 is 0 Å². The van der Waals surface area contributed by atoms with Gasteiger partial charge in [0.2, 0.25) is 0 Å². The highest BCUT2D eigenvalue weighted by atomic mass is 79.9. The normalized spacial score (nSPS) is 10.9. The molecule has 2 aromatic carbocycles. The highest BCUT2D eigenvalue weighted by Crippen LogP contribution is 2.33. The summed E-state index contributed by atoms with van der Waals surface area (Å²) in [4.78, 5) is 12.5. The van der Waals surface area contributed by atoms with Crippen LogP contribution in [0, 0.1) is 11.3 Å². The molecule has 0 bridgehead atoms. The Morgan fingerprint density at radius 1 is 1.39 bits per heavy atom. The van der Waals surface area contributed by atoms with E-state index in [4.69, 9.17) is 27.9 Å². The molecule has 0 aliphatic carbocycles. The minimum atomic E-state index is -0.582. The summed E-state index contributed by atoms with van der Waals surface area (Å²) in [5.41, 5.74) is 1.83. The van der Waals surface area contributed by atoms with Crippen LogP contribution in [0.1, 0.15) is 18.1 Å². The van der Waals surface area contributed by atoms with E-state index in [0.717, 1.165) is 10.0 Å². The van der Waals surface area contributed by atoms with Gasteiger partial charge in [0.1, 0.15) is 17.4 Å². The van der Waals surface area contributed by atoms with E-state index in [1.54, 1.807) is 30.3 Å². The molecule has 2 rings (SSSR count). The van der Waals surface area contributed by atoms with Crippen LogP contribution >= 0.6 is 39.1 Å². The summed E-state index contributed by atoms with van der Waals surface area (Å²) >= 11 is 15.5. The molecule has 28 heavy (non-hydrogen) atoms. The number of benzene rings is 2. The largest absolute Gasteiger partial charge is 0.492 e. The van der Waals surface area contributed by atoms with Crippen molar-refractivity contribution in [3.05, 3.63) is 74.2 Å². The maximum absolute atomic E-state index is 12.5. The first-order valence-electron chi connectivity index (χ1n) is 8.34. The van der Waals surface area contributed by atoms with Gasteiger partial charge in [0.15, 0.2) is 0 Å². The topological polar surface area (TPSA) is 62.1 Å². The number of hydrogen-bond acceptors (Lipinski definition) is 3. The molecule has 0 unspecified atom stereocenters. The third-order valence-electron chi connectivity index (χ3n) is 3.67. The second-order valence-corrected chi connectivity index (χ2v) is 7.28. The van der Waals surface area contributed by atoms with E-state index in [9.17, 15) is 10.1 Å². The molecule has 1 amide bonds. The molecule has 0 spiro atoms. The fourth-order valence-corrected chi connectivity index (χ4v) is 3.46. The van der Waals surface area contributed by atoms with E-state index in [1.165, 1.54) is 6.08 Å². The second-order valence-electron chi connectivity index (χ2n) is 5.64. The predicted molar refractivity (Wildman–Crippen MR) is 118 cm³/mol. The van der Waals surface area contributed by atoms with Crippen LogP contribution in [0.2, 0.25) is 10.0 Å². The van der Waals surface area contributed by atoms with Crippen LogP contribution < -0.4 is 10.1 Å².